The number of rotatable bonds is 8. The summed E-state index contributed by atoms with van der Waals surface area (Å²) in [5.41, 5.74) is -5.58. The number of pyridine rings is 2. The Bertz CT molecular complexity index is 1650. The minimum absolute atomic E-state index is 0.0966. The van der Waals surface area contributed by atoms with Crippen molar-refractivity contribution in [2.45, 2.75) is 71.5 Å². The topological polar surface area (TPSA) is 168 Å². The predicted octanol–water partition coefficient (Wildman–Crippen LogP) is 5.85. The van der Waals surface area contributed by atoms with Gasteiger partial charge in [-0.3, -0.25) is 4.79 Å². The van der Waals surface area contributed by atoms with Crippen LogP contribution in [-0.4, -0.2) is 72.4 Å². The summed E-state index contributed by atoms with van der Waals surface area (Å²) < 4.78 is 93.3. The van der Waals surface area contributed by atoms with Crippen molar-refractivity contribution in [3.8, 4) is 12.1 Å². The molecule has 0 spiro atoms. The molecule has 1 N–H and O–H groups in total. The van der Waals surface area contributed by atoms with Gasteiger partial charge in [-0.25, -0.2) is 19.6 Å². The van der Waals surface area contributed by atoms with Crippen molar-refractivity contribution in [2.75, 3.05) is 37.7 Å². The van der Waals surface area contributed by atoms with E-state index >= 15 is 0 Å². The van der Waals surface area contributed by atoms with Crippen molar-refractivity contribution < 1.29 is 54.9 Å². The molecule has 1 aliphatic rings. The molecule has 0 aromatic carbocycles. The van der Waals surface area contributed by atoms with Crippen molar-refractivity contribution in [1.29, 1.82) is 10.5 Å². The first-order valence-corrected chi connectivity index (χ1v) is 15.3. The lowest BCUT2D eigenvalue weighted by atomic mass is 10.1. The van der Waals surface area contributed by atoms with E-state index in [9.17, 15) is 46.0 Å². The molecule has 0 radical (unpaired) electrons. The summed E-state index contributed by atoms with van der Waals surface area (Å²) in [6.07, 6.45) is -9.23. The van der Waals surface area contributed by atoms with Crippen LogP contribution in [0, 0.1) is 22.7 Å². The van der Waals surface area contributed by atoms with Gasteiger partial charge in [0.1, 0.15) is 28.7 Å². The molecule has 0 bridgehead atoms. The molecule has 3 heterocycles. The monoisotopic (exact) mass is 734 g/mol. The van der Waals surface area contributed by atoms with Crippen molar-refractivity contribution in [1.82, 2.24) is 15.3 Å². The van der Waals surface area contributed by atoms with Gasteiger partial charge in [0, 0.05) is 32.1 Å². The summed E-state index contributed by atoms with van der Waals surface area (Å²) in [5, 5.41) is 20.7. The number of anilines is 1. The van der Waals surface area contributed by atoms with E-state index in [0.29, 0.717) is 19.5 Å². The van der Waals surface area contributed by atoms with Gasteiger partial charge in [-0.2, -0.15) is 36.9 Å². The third-order valence-electron chi connectivity index (χ3n) is 6.42. The quantitative estimate of drug-likeness (QED) is 0.149. The van der Waals surface area contributed by atoms with Gasteiger partial charge >= 0.3 is 30.3 Å². The number of carbonyl (C=O) groups is 3. The summed E-state index contributed by atoms with van der Waals surface area (Å²) >= 11 is 5.40. The number of nitriles is 2. The van der Waals surface area contributed by atoms with E-state index in [-0.39, 0.29) is 55.1 Å². The molecule has 1 aliphatic heterocycles. The molecule has 0 saturated carbocycles. The van der Waals surface area contributed by atoms with Crippen LogP contribution in [0.2, 0.25) is 5.15 Å². The number of hydrogen-bond donors (Lipinski definition) is 1. The lowest BCUT2D eigenvalue weighted by Gasteiger charge is -2.35. The fourth-order valence-corrected chi connectivity index (χ4v) is 4.63. The maximum atomic E-state index is 13.6. The minimum atomic E-state index is -4.91. The third kappa shape index (κ3) is 11.7. The lowest BCUT2D eigenvalue weighted by Crippen LogP contribution is -2.51. The van der Waals surface area contributed by atoms with E-state index in [1.807, 2.05) is 6.07 Å². The van der Waals surface area contributed by atoms with Crippen LogP contribution < -0.4 is 10.2 Å². The summed E-state index contributed by atoms with van der Waals surface area (Å²) in [5.74, 6) is -2.92. The highest BCUT2D eigenvalue weighted by Crippen LogP contribution is 2.35. The largest absolute Gasteiger partial charge is 0.462 e. The Morgan fingerprint density at radius 3 is 1.88 bits per heavy atom. The van der Waals surface area contributed by atoms with E-state index in [1.165, 1.54) is 13.8 Å². The first-order valence-electron chi connectivity index (χ1n) is 14.9. The third-order valence-corrected chi connectivity index (χ3v) is 6.71. The number of esters is 3. The second-order valence-corrected chi connectivity index (χ2v) is 11.7. The zero-order valence-electron chi connectivity index (χ0n) is 27.5. The first-order chi connectivity index (χ1) is 23.2. The molecule has 1 saturated heterocycles. The summed E-state index contributed by atoms with van der Waals surface area (Å²) in [7, 11) is 0. The Kier molecular flexibility index (Phi) is 14.4. The highest BCUT2D eigenvalue weighted by molar-refractivity contribution is 6.30. The first kappa shape index (κ1) is 41.5. The highest BCUT2D eigenvalue weighted by atomic mass is 35.5. The van der Waals surface area contributed by atoms with Gasteiger partial charge in [0.25, 0.3) is 0 Å². The molecule has 3 rings (SSSR count). The zero-order valence-corrected chi connectivity index (χ0v) is 28.3. The average molecular weight is 735 g/mol. The Morgan fingerprint density at radius 1 is 0.920 bits per heavy atom. The molecule has 1 unspecified atom stereocenters. The molecule has 0 aliphatic carbocycles. The molecule has 2 aromatic rings. The van der Waals surface area contributed by atoms with E-state index in [0.717, 1.165) is 12.1 Å². The van der Waals surface area contributed by atoms with Crippen LogP contribution in [-0.2, 0) is 31.4 Å². The van der Waals surface area contributed by atoms with Crippen molar-refractivity contribution >= 4 is 35.3 Å². The molecule has 1 atom stereocenters. The zero-order chi connectivity index (χ0) is 38.0. The highest BCUT2D eigenvalue weighted by Gasteiger charge is 2.40. The van der Waals surface area contributed by atoms with Gasteiger partial charge in [0.15, 0.2) is 11.4 Å². The summed E-state index contributed by atoms with van der Waals surface area (Å²) in [6.45, 7) is 8.96. The van der Waals surface area contributed by atoms with Crippen LogP contribution in [0.15, 0.2) is 12.1 Å². The Balaban J connectivity index is 0.000000407. The maximum absolute atomic E-state index is 13.6. The van der Waals surface area contributed by atoms with E-state index in [1.54, 1.807) is 31.7 Å². The van der Waals surface area contributed by atoms with Gasteiger partial charge in [-0.15, -0.1) is 0 Å². The number of aromatic nitrogens is 2. The van der Waals surface area contributed by atoms with Crippen molar-refractivity contribution in [2.24, 2.45) is 0 Å². The van der Waals surface area contributed by atoms with Crippen LogP contribution in [0.1, 0.15) is 90.7 Å². The number of nitrogens with one attached hydrogen (secondary N) is 1. The minimum Gasteiger partial charge on any atom is -0.462 e. The van der Waals surface area contributed by atoms with Gasteiger partial charge in [-0.05, 0) is 53.2 Å². The fraction of sp³-hybridized carbons (Fsp3) is 0.516. The molecule has 2 aromatic heterocycles. The number of halogens is 7. The number of nitrogens with zero attached hydrogens (tertiary/aromatic N) is 5. The SMILES string of the molecule is CCOC(=O)c1cc(C#N)c(Cl)nc1C(F)(F)F.CCOC(=O)c1cc(C#N)c(N2CCNC(CCC(=O)OC(C)(C)C)C2)nc1C(F)(F)F. The molecule has 0 amide bonds. The molecule has 50 heavy (non-hydrogen) atoms. The van der Waals surface area contributed by atoms with E-state index in [2.05, 4.69) is 20.0 Å². The number of alkyl halides is 6. The Labute approximate surface area is 288 Å². The Morgan fingerprint density at radius 2 is 1.42 bits per heavy atom. The van der Waals surface area contributed by atoms with Crippen molar-refractivity contribution in [3.63, 3.8) is 0 Å². The second-order valence-electron chi connectivity index (χ2n) is 11.4. The number of ether oxygens (including phenoxy) is 3. The molecule has 272 valence electrons. The number of hydrogen-bond acceptors (Lipinski definition) is 12. The second kappa shape index (κ2) is 17.3. The smallest absolute Gasteiger partial charge is 0.434 e. The van der Waals surface area contributed by atoms with Crippen molar-refractivity contribution in [3.05, 3.63) is 50.9 Å². The molecule has 1 fully saturated rings. The molecule has 19 heteroatoms. The fourth-order valence-electron chi connectivity index (χ4n) is 4.45. The van der Waals surface area contributed by atoms with Gasteiger partial charge in [-0.1, -0.05) is 11.6 Å². The number of piperazine rings is 1. The van der Waals surface area contributed by atoms with Crippen LogP contribution in [0.5, 0.6) is 0 Å². The van der Waals surface area contributed by atoms with Gasteiger partial charge < -0.3 is 24.4 Å². The van der Waals surface area contributed by atoms with Crippen LogP contribution in [0.25, 0.3) is 0 Å². The average Bonchev–Trinajstić information content (AvgIpc) is 3.02. The summed E-state index contributed by atoms with van der Waals surface area (Å²) in [4.78, 5) is 43.6. The molecular formula is C31H33ClF6N6O6. The molecular weight excluding hydrogens is 702 g/mol. The van der Waals surface area contributed by atoms with E-state index < -0.39 is 57.6 Å². The lowest BCUT2D eigenvalue weighted by molar-refractivity contribution is -0.155. The predicted molar refractivity (Wildman–Crippen MR) is 164 cm³/mol. The molecule has 12 nitrogen and oxygen atoms in total. The van der Waals surface area contributed by atoms with Gasteiger partial charge in [0.05, 0.1) is 35.5 Å². The van der Waals surface area contributed by atoms with Crippen LogP contribution in [0.3, 0.4) is 0 Å². The van der Waals surface area contributed by atoms with Gasteiger partial charge in [0.2, 0.25) is 0 Å². The maximum Gasteiger partial charge on any atom is 0.434 e. The normalized spacial score (nSPS) is 14.8. The Hall–Kier alpha value is -4.68. The standard InChI is InChI=1S/C21H27F3N4O4.C10H6ClF3N2O2/c1-5-31-19(30)15-10-13(11-25)18(27-17(15)21(22,23)24)28-9-8-26-14(12-28)6-7-16(29)32-20(2,3)4;1-2-18-9(17)6-3-5(4-15)8(11)16-7(6)10(12,13)14/h10,14,26H,5-9,12H2,1-4H3;3H,2H2,1H3. The van der Waals surface area contributed by atoms with Crippen LogP contribution >= 0.6 is 11.6 Å². The number of carbonyl (C=O) groups excluding carboxylic acids is 3. The summed E-state index contributed by atoms with van der Waals surface area (Å²) in [6, 6.07) is 4.74. The van der Waals surface area contributed by atoms with Crippen LogP contribution in [0.4, 0.5) is 32.2 Å². The van der Waals surface area contributed by atoms with E-state index in [4.69, 9.17) is 26.3 Å².